The number of aryl methyl sites for hydroxylation is 1. The Morgan fingerprint density at radius 1 is 1.00 bits per heavy atom. The van der Waals surface area contributed by atoms with Gasteiger partial charge in [-0.05, 0) is 43.3 Å². The number of para-hydroxylation sites is 1. The third-order valence-electron chi connectivity index (χ3n) is 6.46. The van der Waals surface area contributed by atoms with Gasteiger partial charge in [0.05, 0.1) is 41.8 Å². The minimum Gasteiger partial charge on any atom is -0.496 e. The largest absolute Gasteiger partial charge is 0.496 e. The smallest absolute Gasteiger partial charge is 0.230 e. The van der Waals surface area contributed by atoms with Crippen molar-refractivity contribution in [2.45, 2.75) is 12.8 Å². The average molecular weight is 511 g/mol. The molecular weight excluding hydrogens is 492 g/mol. The number of halogens is 1. The zero-order valence-corrected chi connectivity index (χ0v) is 20.5. The molecule has 4 aromatic heterocycles. The standard InChI is InChI=1S/C27H19ClN6O3/c1-15-21-22(18-9-3-4-10-19(18)35-2)23-25-30-24(20-11-6-12-36-20)32-33(25)14-29-26(23)37-27(21)34(31-15)17-8-5-7-16(28)13-17/h3-14,22H,1-2H3/t22-/m0/s1. The topological polar surface area (TPSA) is 92.5 Å². The maximum atomic E-state index is 6.46. The molecule has 0 bridgehead atoms. The molecule has 0 aliphatic carbocycles. The van der Waals surface area contributed by atoms with E-state index in [0.29, 0.717) is 34.0 Å². The van der Waals surface area contributed by atoms with Crippen molar-refractivity contribution in [2.24, 2.45) is 0 Å². The number of hydrogen-bond acceptors (Lipinski definition) is 7. The van der Waals surface area contributed by atoms with Crippen molar-refractivity contribution >= 4 is 17.2 Å². The molecule has 0 fully saturated rings. The normalized spacial score (nSPS) is 14.3. The van der Waals surface area contributed by atoms with E-state index in [1.54, 1.807) is 35.0 Å². The number of rotatable bonds is 4. The van der Waals surface area contributed by atoms with Crippen LogP contribution in [0.1, 0.15) is 28.3 Å². The van der Waals surface area contributed by atoms with Crippen molar-refractivity contribution in [2.75, 3.05) is 7.11 Å². The summed E-state index contributed by atoms with van der Waals surface area (Å²) < 4.78 is 21.2. The number of furan rings is 1. The molecular formula is C27H19ClN6O3. The van der Waals surface area contributed by atoms with E-state index in [2.05, 4.69) is 10.1 Å². The summed E-state index contributed by atoms with van der Waals surface area (Å²) in [6.45, 7) is 1.96. The van der Waals surface area contributed by atoms with Gasteiger partial charge in [-0.3, -0.25) is 0 Å². The number of fused-ring (bicyclic) bond motifs is 4. The maximum Gasteiger partial charge on any atom is 0.230 e. The first-order chi connectivity index (χ1) is 18.1. The van der Waals surface area contributed by atoms with Crippen LogP contribution in [0.15, 0.2) is 77.7 Å². The van der Waals surface area contributed by atoms with Gasteiger partial charge in [0.25, 0.3) is 0 Å². The third kappa shape index (κ3) is 3.31. The monoisotopic (exact) mass is 510 g/mol. The van der Waals surface area contributed by atoms with E-state index in [9.17, 15) is 0 Å². The van der Waals surface area contributed by atoms with Crippen LogP contribution in [0.4, 0.5) is 0 Å². The fourth-order valence-electron chi connectivity index (χ4n) is 4.89. The summed E-state index contributed by atoms with van der Waals surface area (Å²) in [4.78, 5) is 9.46. The first-order valence-corrected chi connectivity index (χ1v) is 12.0. The number of nitrogens with zero attached hydrogens (tertiary/aromatic N) is 6. The summed E-state index contributed by atoms with van der Waals surface area (Å²) in [5.41, 5.74) is 4.76. The molecule has 1 atom stereocenters. The molecule has 37 heavy (non-hydrogen) atoms. The fraction of sp³-hybridized carbons (Fsp3) is 0.111. The van der Waals surface area contributed by atoms with Gasteiger partial charge in [0.2, 0.25) is 17.6 Å². The summed E-state index contributed by atoms with van der Waals surface area (Å²) in [5.74, 6) is 2.38. The first kappa shape index (κ1) is 21.6. The highest BCUT2D eigenvalue weighted by atomic mass is 35.5. The van der Waals surface area contributed by atoms with Crippen LogP contribution >= 0.6 is 11.6 Å². The van der Waals surface area contributed by atoms with Crippen LogP contribution in [-0.4, -0.2) is 36.5 Å². The van der Waals surface area contributed by atoms with Gasteiger partial charge >= 0.3 is 0 Å². The number of benzene rings is 2. The second-order valence-corrected chi connectivity index (χ2v) is 9.05. The van der Waals surface area contributed by atoms with Gasteiger partial charge in [0.15, 0.2) is 11.4 Å². The third-order valence-corrected chi connectivity index (χ3v) is 6.70. The highest BCUT2D eigenvalue weighted by molar-refractivity contribution is 6.30. The van der Waals surface area contributed by atoms with Crippen LogP contribution in [-0.2, 0) is 0 Å². The molecule has 1 aliphatic heterocycles. The molecule has 5 heterocycles. The fourth-order valence-corrected chi connectivity index (χ4v) is 5.07. The molecule has 9 nitrogen and oxygen atoms in total. The Labute approximate surface area is 215 Å². The van der Waals surface area contributed by atoms with Gasteiger partial charge in [-0.1, -0.05) is 35.9 Å². The zero-order chi connectivity index (χ0) is 25.1. The second kappa shape index (κ2) is 8.21. The lowest BCUT2D eigenvalue weighted by Crippen LogP contribution is -2.16. The van der Waals surface area contributed by atoms with Crippen LogP contribution in [0.3, 0.4) is 0 Å². The van der Waals surface area contributed by atoms with Gasteiger partial charge in [-0.2, -0.15) is 5.10 Å². The Balaban J connectivity index is 1.53. The summed E-state index contributed by atoms with van der Waals surface area (Å²) in [6, 6.07) is 19.0. The molecule has 0 saturated heterocycles. The highest BCUT2D eigenvalue weighted by Gasteiger charge is 2.39. The molecule has 0 unspecified atom stereocenters. The molecule has 0 amide bonds. The summed E-state index contributed by atoms with van der Waals surface area (Å²) in [5, 5.41) is 10.1. The van der Waals surface area contributed by atoms with E-state index in [-0.39, 0.29) is 5.92 Å². The van der Waals surface area contributed by atoms with E-state index >= 15 is 0 Å². The molecule has 0 spiro atoms. The molecule has 0 N–H and O–H groups in total. The van der Waals surface area contributed by atoms with E-state index < -0.39 is 0 Å². The quantitative estimate of drug-likeness (QED) is 0.294. The first-order valence-electron chi connectivity index (χ1n) is 11.6. The highest BCUT2D eigenvalue weighted by Crippen LogP contribution is 2.51. The van der Waals surface area contributed by atoms with Crippen LogP contribution < -0.4 is 9.47 Å². The lowest BCUT2D eigenvalue weighted by atomic mass is 9.84. The van der Waals surface area contributed by atoms with Crippen molar-refractivity contribution in [1.82, 2.24) is 29.4 Å². The lowest BCUT2D eigenvalue weighted by Gasteiger charge is -2.27. The van der Waals surface area contributed by atoms with Crippen LogP contribution in [0.25, 0.3) is 22.9 Å². The zero-order valence-electron chi connectivity index (χ0n) is 19.8. The summed E-state index contributed by atoms with van der Waals surface area (Å²) >= 11 is 6.30. The summed E-state index contributed by atoms with van der Waals surface area (Å²) in [6.07, 6.45) is 3.18. The van der Waals surface area contributed by atoms with Gasteiger partial charge in [-0.15, -0.1) is 5.10 Å². The average Bonchev–Trinajstić information content (AvgIpc) is 3.66. The van der Waals surface area contributed by atoms with Crippen molar-refractivity contribution in [1.29, 1.82) is 0 Å². The Morgan fingerprint density at radius 3 is 2.70 bits per heavy atom. The number of ether oxygens (including phenoxy) is 2. The van der Waals surface area contributed by atoms with E-state index in [1.165, 1.54) is 0 Å². The molecule has 0 saturated carbocycles. The van der Waals surface area contributed by atoms with E-state index in [0.717, 1.165) is 33.8 Å². The Bertz CT molecular complexity index is 1790. The minimum absolute atomic E-state index is 0.340. The lowest BCUT2D eigenvalue weighted by molar-refractivity contribution is 0.393. The van der Waals surface area contributed by atoms with Crippen LogP contribution in [0, 0.1) is 6.92 Å². The molecule has 1 aliphatic rings. The minimum atomic E-state index is -0.340. The Morgan fingerprint density at radius 2 is 1.89 bits per heavy atom. The SMILES string of the molecule is COc1ccccc1[C@H]1c2c(C)nn(-c3cccc(Cl)c3)c2Oc2ncn3nc(-c4ccco4)nc3c21. The number of methoxy groups -OCH3 is 1. The van der Waals surface area contributed by atoms with E-state index in [4.69, 9.17) is 35.6 Å². The van der Waals surface area contributed by atoms with Gasteiger partial charge in [0.1, 0.15) is 12.1 Å². The van der Waals surface area contributed by atoms with Crippen molar-refractivity contribution in [3.05, 3.63) is 101 Å². The van der Waals surface area contributed by atoms with Gasteiger partial charge in [0, 0.05) is 10.6 Å². The second-order valence-electron chi connectivity index (χ2n) is 8.62. The van der Waals surface area contributed by atoms with Crippen LogP contribution in [0.2, 0.25) is 5.02 Å². The Kier molecular flexibility index (Phi) is 4.80. The predicted octanol–water partition coefficient (Wildman–Crippen LogP) is 5.83. The molecule has 0 radical (unpaired) electrons. The van der Waals surface area contributed by atoms with Gasteiger partial charge < -0.3 is 13.9 Å². The molecule has 6 aromatic rings. The molecule has 7 rings (SSSR count). The van der Waals surface area contributed by atoms with Crippen molar-refractivity contribution in [3.63, 3.8) is 0 Å². The molecule has 10 heteroatoms. The number of hydrogen-bond donors (Lipinski definition) is 0. The summed E-state index contributed by atoms with van der Waals surface area (Å²) in [7, 11) is 1.66. The van der Waals surface area contributed by atoms with Crippen molar-refractivity contribution < 1.29 is 13.9 Å². The Hall–Kier alpha value is -4.63. The van der Waals surface area contributed by atoms with Crippen LogP contribution in [0.5, 0.6) is 17.5 Å². The van der Waals surface area contributed by atoms with Gasteiger partial charge in [-0.25, -0.2) is 19.2 Å². The van der Waals surface area contributed by atoms with Crippen molar-refractivity contribution in [3.8, 4) is 34.8 Å². The van der Waals surface area contributed by atoms with E-state index in [1.807, 2.05) is 61.5 Å². The predicted molar refractivity (Wildman–Crippen MR) is 136 cm³/mol. The molecule has 182 valence electrons. The number of aromatic nitrogens is 6. The molecule has 2 aromatic carbocycles. The maximum absolute atomic E-state index is 6.46.